The largest absolute Gasteiger partial charge is 0.491 e. The third kappa shape index (κ3) is 5.86. The first-order valence-corrected chi connectivity index (χ1v) is 5.04. The van der Waals surface area contributed by atoms with Gasteiger partial charge in [-0.2, -0.15) is 0 Å². The Morgan fingerprint density at radius 1 is 1.13 bits per heavy atom. The van der Waals surface area contributed by atoms with Crippen LogP contribution in [0, 0.1) is 0 Å². The molecule has 0 amide bonds. The minimum atomic E-state index is 0.152. The van der Waals surface area contributed by atoms with Crippen LogP contribution in [0.25, 0.3) is 0 Å². The molecule has 0 aromatic heterocycles. The van der Waals surface area contributed by atoms with Crippen molar-refractivity contribution in [3.63, 3.8) is 0 Å². The first kappa shape index (κ1) is 11.7. The van der Waals surface area contributed by atoms with Crippen LogP contribution < -0.4 is 4.74 Å². The van der Waals surface area contributed by atoms with E-state index in [0.29, 0.717) is 26.2 Å². The molecule has 0 atom stereocenters. The SMILES string of the molecule is CC(=O)CCOCCOc1ccccc1. The highest BCUT2D eigenvalue weighted by molar-refractivity contribution is 5.75. The van der Waals surface area contributed by atoms with Crippen LogP contribution in [0.5, 0.6) is 5.75 Å². The molecule has 3 heteroatoms. The molecule has 0 unspecified atom stereocenters. The van der Waals surface area contributed by atoms with Crippen molar-refractivity contribution in [2.45, 2.75) is 13.3 Å². The van der Waals surface area contributed by atoms with E-state index in [1.807, 2.05) is 30.3 Å². The van der Waals surface area contributed by atoms with E-state index < -0.39 is 0 Å². The summed E-state index contributed by atoms with van der Waals surface area (Å²) in [6, 6.07) is 9.58. The van der Waals surface area contributed by atoms with Gasteiger partial charge >= 0.3 is 0 Å². The second kappa shape index (κ2) is 7.01. The smallest absolute Gasteiger partial charge is 0.132 e. The van der Waals surface area contributed by atoms with E-state index in [-0.39, 0.29) is 5.78 Å². The molecule has 0 bridgehead atoms. The molecule has 0 aliphatic heterocycles. The van der Waals surface area contributed by atoms with Crippen molar-refractivity contribution in [2.75, 3.05) is 19.8 Å². The molecular formula is C12H16O3. The minimum absolute atomic E-state index is 0.152. The van der Waals surface area contributed by atoms with Crippen LogP contribution in [0.2, 0.25) is 0 Å². The molecule has 1 rings (SSSR count). The van der Waals surface area contributed by atoms with Gasteiger partial charge in [-0.3, -0.25) is 4.79 Å². The number of ketones is 1. The summed E-state index contributed by atoms with van der Waals surface area (Å²) < 4.78 is 10.6. The summed E-state index contributed by atoms with van der Waals surface area (Å²) in [5.41, 5.74) is 0. The van der Waals surface area contributed by atoms with Gasteiger partial charge in [0.1, 0.15) is 18.1 Å². The fraction of sp³-hybridized carbons (Fsp3) is 0.417. The molecule has 3 nitrogen and oxygen atoms in total. The molecule has 82 valence electrons. The second-order valence-corrected chi connectivity index (χ2v) is 3.23. The van der Waals surface area contributed by atoms with E-state index in [4.69, 9.17) is 9.47 Å². The standard InChI is InChI=1S/C12H16O3/c1-11(13)7-8-14-9-10-15-12-5-3-2-4-6-12/h2-6H,7-10H2,1H3. The highest BCUT2D eigenvalue weighted by atomic mass is 16.5. The Labute approximate surface area is 90.0 Å². The lowest BCUT2D eigenvalue weighted by atomic mass is 10.3. The number of benzene rings is 1. The molecule has 0 heterocycles. The van der Waals surface area contributed by atoms with Crippen molar-refractivity contribution < 1.29 is 14.3 Å². The maximum absolute atomic E-state index is 10.6. The van der Waals surface area contributed by atoms with Crippen molar-refractivity contribution in [3.05, 3.63) is 30.3 Å². The van der Waals surface area contributed by atoms with Crippen LogP contribution in [0.3, 0.4) is 0 Å². The number of para-hydroxylation sites is 1. The highest BCUT2D eigenvalue weighted by Crippen LogP contribution is 2.07. The molecular weight excluding hydrogens is 192 g/mol. The Kier molecular flexibility index (Phi) is 5.48. The molecule has 1 aromatic rings. The van der Waals surface area contributed by atoms with Gasteiger partial charge in [-0.25, -0.2) is 0 Å². The molecule has 15 heavy (non-hydrogen) atoms. The van der Waals surface area contributed by atoms with Crippen molar-refractivity contribution >= 4 is 5.78 Å². The van der Waals surface area contributed by atoms with E-state index in [9.17, 15) is 4.79 Å². The summed E-state index contributed by atoms with van der Waals surface area (Å²) >= 11 is 0. The van der Waals surface area contributed by atoms with E-state index >= 15 is 0 Å². The van der Waals surface area contributed by atoms with Gasteiger partial charge in [-0.15, -0.1) is 0 Å². The van der Waals surface area contributed by atoms with Crippen molar-refractivity contribution in [3.8, 4) is 5.75 Å². The van der Waals surface area contributed by atoms with Crippen LogP contribution in [0.1, 0.15) is 13.3 Å². The molecule has 0 aliphatic carbocycles. The minimum Gasteiger partial charge on any atom is -0.491 e. The zero-order valence-electron chi connectivity index (χ0n) is 8.94. The summed E-state index contributed by atoms with van der Waals surface area (Å²) in [5, 5.41) is 0. The Morgan fingerprint density at radius 3 is 2.53 bits per heavy atom. The number of Topliss-reactive ketones (excluding diaryl/α,β-unsaturated/α-hetero) is 1. The molecule has 0 radical (unpaired) electrons. The molecule has 1 aromatic carbocycles. The van der Waals surface area contributed by atoms with Gasteiger partial charge < -0.3 is 9.47 Å². The maximum Gasteiger partial charge on any atom is 0.132 e. The van der Waals surface area contributed by atoms with Crippen molar-refractivity contribution in [1.29, 1.82) is 0 Å². The van der Waals surface area contributed by atoms with Gasteiger partial charge in [-0.1, -0.05) is 18.2 Å². The van der Waals surface area contributed by atoms with E-state index in [2.05, 4.69) is 0 Å². The Bertz CT molecular complexity index is 282. The van der Waals surface area contributed by atoms with E-state index in [1.165, 1.54) is 0 Å². The number of ether oxygens (including phenoxy) is 2. The van der Waals surface area contributed by atoms with Gasteiger partial charge in [0.2, 0.25) is 0 Å². The van der Waals surface area contributed by atoms with Crippen LogP contribution in [-0.4, -0.2) is 25.6 Å². The first-order chi connectivity index (χ1) is 7.29. The number of carbonyl (C=O) groups excluding carboxylic acids is 1. The average molecular weight is 208 g/mol. The normalized spacial score (nSPS) is 9.93. The van der Waals surface area contributed by atoms with Crippen LogP contribution in [0.15, 0.2) is 30.3 Å². The number of hydrogen-bond donors (Lipinski definition) is 0. The zero-order valence-corrected chi connectivity index (χ0v) is 8.94. The Morgan fingerprint density at radius 2 is 1.87 bits per heavy atom. The predicted molar refractivity (Wildman–Crippen MR) is 58.1 cm³/mol. The quantitative estimate of drug-likeness (QED) is 0.643. The van der Waals surface area contributed by atoms with Crippen molar-refractivity contribution in [2.24, 2.45) is 0 Å². The molecule has 0 saturated heterocycles. The number of hydrogen-bond acceptors (Lipinski definition) is 3. The summed E-state index contributed by atoms with van der Waals surface area (Å²) in [5.74, 6) is 0.992. The lowest BCUT2D eigenvalue weighted by Crippen LogP contribution is -2.08. The predicted octanol–water partition coefficient (Wildman–Crippen LogP) is 2.06. The van der Waals surface area contributed by atoms with Crippen molar-refractivity contribution in [1.82, 2.24) is 0 Å². The van der Waals surface area contributed by atoms with E-state index in [1.54, 1.807) is 6.92 Å². The van der Waals surface area contributed by atoms with E-state index in [0.717, 1.165) is 5.75 Å². The molecule has 0 N–H and O–H groups in total. The highest BCUT2D eigenvalue weighted by Gasteiger charge is 1.94. The molecule has 0 fully saturated rings. The summed E-state index contributed by atoms with van der Waals surface area (Å²) in [6.07, 6.45) is 0.478. The van der Waals surface area contributed by atoms with Crippen LogP contribution in [0.4, 0.5) is 0 Å². The lowest BCUT2D eigenvalue weighted by Gasteiger charge is -2.06. The average Bonchev–Trinajstić information content (AvgIpc) is 2.24. The molecule has 0 aliphatic rings. The maximum atomic E-state index is 10.6. The molecule has 0 saturated carbocycles. The summed E-state index contributed by atoms with van der Waals surface area (Å²) in [4.78, 5) is 10.6. The van der Waals surface area contributed by atoms with Crippen LogP contribution >= 0.6 is 0 Å². The monoisotopic (exact) mass is 208 g/mol. The summed E-state index contributed by atoms with van der Waals surface area (Å²) in [7, 11) is 0. The Balaban J connectivity index is 2.00. The van der Waals surface area contributed by atoms with Gasteiger partial charge in [-0.05, 0) is 19.1 Å². The fourth-order valence-corrected chi connectivity index (χ4v) is 1.05. The Hall–Kier alpha value is -1.35. The third-order valence-electron chi connectivity index (χ3n) is 1.84. The van der Waals surface area contributed by atoms with Gasteiger partial charge in [0.15, 0.2) is 0 Å². The lowest BCUT2D eigenvalue weighted by molar-refractivity contribution is -0.118. The van der Waals surface area contributed by atoms with Gasteiger partial charge in [0.25, 0.3) is 0 Å². The topological polar surface area (TPSA) is 35.5 Å². The van der Waals surface area contributed by atoms with Gasteiger partial charge in [0.05, 0.1) is 13.2 Å². The number of carbonyl (C=O) groups is 1. The summed E-state index contributed by atoms with van der Waals surface area (Å²) in [6.45, 7) is 3.07. The fourth-order valence-electron chi connectivity index (χ4n) is 1.05. The van der Waals surface area contributed by atoms with Crippen LogP contribution in [-0.2, 0) is 9.53 Å². The second-order valence-electron chi connectivity index (χ2n) is 3.23. The first-order valence-electron chi connectivity index (χ1n) is 5.04. The molecule has 0 spiro atoms. The third-order valence-corrected chi connectivity index (χ3v) is 1.84. The van der Waals surface area contributed by atoms with Gasteiger partial charge in [0, 0.05) is 6.42 Å². The zero-order chi connectivity index (χ0) is 10.9. The number of rotatable bonds is 7.